The molecule has 0 heterocycles. The number of halogens is 2. The van der Waals surface area contributed by atoms with E-state index in [0.717, 1.165) is 5.69 Å². The van der Waals surface area contributed by atoms with E-state index in [1.807, 2.05) is 12.1 Å². The van der Waals surface area contributed by atoms with Gasteiger partial charge in [0, 0.05) is 22.3 Å². The number of hydrogen-bond donors (Lipinski definition) is 1. The number of benzene rings is 1. The second-order valence-electron chi connectivity index (χ2n) is 2.33. The first-order chi connectivity index (χ1) is 5.72. The zero-order valence-electron chi connectivity index (χ0n) is 6.48. The van der Waals surface area contributed by atoms with Crippen LogP contribution in [0.3, 0.4) is 0 Å². The molecular formula is C9H9Cl2N. The molecular weight excluding hydrogens is 193 g/mol. The van der Waals surface area contributed by atoms with Crippen molar-refractivity contribution in [2.75, 3.05) is 11.9 Å². The molecule has 1 nitrogen and oxygen atoms in total. The Hall–Kier alpha value is -0.660. The Morgan fingerprint density at radius 1 is 1.25 bits per heavy atom. The van der Waals surface area contributed by atoms with Gasteiger partial charge in [-0.1, -0.05) is 29.3 Å². The summed E-state index contributed by atoms with van der Waals surface area (Å²) in [5, 5.41) is 4.36. The lowest BCUT2D eigenvalue weighted by molar-refractivity contribution is 1.34. The predicted octanol–water partition coefficient (Wildman–Crippen LogP) is 3.59. The zero-order valence-corrected chi connectivity index (χ0v) is 7.99. The minimum absolute atomic E-state index is 0.633. The first kappa shape index (κ1) is 9.43. The molecule has 1 N–H and O–H groups in total. The highest BCUT2D eigenvalue weighted by molar-refractivity contribution is 6.35. The van der Waals surface area contributed by atoms with Gasteiger partial charge in [-0.2, -0.15) is 0 Å². The molecule has 12 heavy (non-hydrogen) atoms. The zero-order chi connectivity index (χ0) is 8.97. The van der Waals surface area contributed by atoms with E-state index in [-0.39, 0.29) is 0 Å². The summed E-state index contributed by atoms with van der Waals surface area (Å²) < 4.78 is 0. The third kappa shape index (κ3) is 2.76. The lowest BCUT2D eigenvalue weighted by Gasteiger charge is -2.03. The van der Waals surface area contributed by atoms with E-state index >= 15 is 0 Å². The van der Waals surface area contributed by atoms with Crippen molar-refractivity contribution < 1.29 is 0 Å². The van der Waals surface area contributed by atoms with Gasteiger partial charge in [0.2, 0.25) is 0 Å². The van der Waals surface area contributed by atoms with E-state index < -0.39 is 0 Å². The van der Waals surface area contributed by atoms with Crippen LogP contribution in [0, 0.1) is 0 Å². The summed E-state index contributed by atoms with van der Waals surface area (Å²) in [6, 6.07) is 5.33. The van der Waals surface area contributed by atoms with Crippen LogP contribution in [-0.4, -0.2) is 6.54 Å². The summed E-state index contributed by atoms with van der Waals surface area (Å²) in [6.07, 6.45) is 1.77. The highest BCUT2D eigenvalue weighted by Crippen LogP contribution is 2.22. The molecule has 1 aromatic rings. The highest BCUT2D eigenvalue weighted by atomic mass is 35.5. The van der Waals surface area contributed by atoms with E-state index in [2.05, 4.69) is 11.9 Å². The lowest BCUT2D eigenvalue weighted by Crippen LogP contribution is -1.96. The maximum atomic E-state index is 5.78. The van der Waals surface area contributed by atoms with Crippen molar-refractivity contribution >= 4 is 28.9 Å². The number of rotatable bonds is 3. The lowest BCUT2D eigenvalue weighted by atomic mass is 10.3. The summed E-state index contributed by atoms with van der Waals surface area (Å²) >= 11 is 11.6. The maximum absolute atomic E-state index is 5.78. The quantitative estimate of drug-likeness (QED) is 0.738. The molecule has 1 aromatic carbocycles. The van der Waals surface area contributed by atoms with E-state index in [0.29, 0.717) is 16.6 Å². The van der Waals surface area contributed by atoms with Gasteiger partial charge < -0.3 is 5.32 Å². The van der Waals surface area contributed by atoms with E-state index in [1.54, 1.807) is 12.1 Å². The van der Waals surface area contributed by atoms with Gasteiger partial charge in [-0.25, -0.2) is 0 Å². The van der Waals surface area contributed by atoms with Crippen LogP contribution in [0.1, 0.15) is 0 Å². The van der Waals surface area contributed by atoms with Crippen molar-refractivity contribution in [3.63, 3.8) is 0 Å². The number of nitrogens with one attached hydrogen (secondary N) is 1. The molecule has 1 rings (SSSR count). The van der Waals surface area contributed by atoms with Crippen molar-refractivity contribution in [3.05, 3.63) is 40.9 Å². The van der Waals surface area contributed by atoms with Crippen LogP contribution < -0.4 is 5.32 Å². The Morgan fingerprint density at radius 3 is 2.33 bits per heavy atom. The minimum Gasteiger partial charge on any atom is -0.382 e. The Bertz CT molecular complexity index is 264. The van der Waals surface area contributed by atoms with Gasteiger partial charge in [-0.05, 0) is 18.2 Å². The Balaban J connectivity index is 2.78. The van der Waals surface area contributed by atoms with Crippen molar-refractivity contribution in [1.29, 1.82) is 0 Å². The Labute approximate surface area is 82.0 Å². The second kappa shape index (κ2) is 4.39. The molecule has 0 saturated carbocycles. The average molecular weight is 202 g/mol. The van der Waals surface area contributed by atoms with Crippen LogP contribution in [0.5, 0.6) is 0 Å². The molecule has 0 aliphatic heterocycles. The molecule has 0 atom stereocenters. The number of anilines is 1. The van der Waals surface area contributed by atoms with Crippen LogP contribution in [0.15, 0.2) is 30.9 Å². The van der Waals surface area contributed by atoms with Crippen molar-refractivity contribution in [1.82, 2.24) is 0 Å². The molecule has 0 aliphatic rings. The summed E-state index contributed by atoms with van der Waals surface area (Å²) in [6.45, 7) is 4.30. The Morgan fingerprint density at radius 2 is 1.83 bits per heavy atom. The van der Waals surface area contributed by atoms with Gasteiger partial charge in [-0.3, -0.25) is 0 Å². The normalized spacial score (nSPS) is 9.50. The second-order valence-corrected chi connectivity index (χ2v) is 3.20. The SMILES string of the molecule is C=CCNc1cc(Cl)cc(Cl)c1. The molecule has 0 saturated heterocycles. The largest absolute Gasteiger partial charge is 0.382 e. The molecule has 0 fully saturated rings. The third-order valence-corrected chi connectivity index (χ3v) is 1.75. The molecule has 0 amide bonds. The predicted molar refractivity (Wildman–Crippen MR) is 55.1 cm³/mol. The maximum Gasteiger partial charge on any atom is 0.0441 e. The number of hydrogen-bond acceptors (Lipinski definition) is 1. The molecule has 64 valence electrons. The Kier molecular flexibility index (Phi) is 3.45. The fourth-order valence-electron chi connectivity index (χ4n) is 0.846. The van der Waals surface area contributed by atoms with E-state index in [4.69, 9.17) is 23.2 Å². The molecule has 0 bridgehead atoms. The summed E-state index contributed by atoms with van der Waals surface area (Å²) in [5.74, 6) is 0. The fourth-order valence-corrected chi connectivity index (χ4v) is 1.37. The minimum atomic E-state index is 0.633. The van der Waals surface area contributed by atoms with Crippen LogP contribution in [-0.2, 0) is 0 Å². The van der Waals surface area contributed by atoms with Crippen LogP contribution in [0.4, 0.5) is 5.69 Å². The average Bonchev–Trinajstić information content (AvgIpc) is 1.99. The molecule has 0 aliphatic carbocycles. The molecule has 0 aromatic heterocycles. The van der Waals surface area contributed by atoms with Gasteiger partial charge in [-0.15, -0.1) is 6.58 Å². The van der Waals surface area contributed by atoms with Gasteiger partial charge in [0.1, 0.15) is 0 Å². The highest BCUT2D eigenvalue weighted by Gasteiger charge is 1.95. The van der Waals surface area contributed by atoms with Crippen LogP contribution >= 0.6 is 23.2 Å². The summed E-state index contributed by atoms with van der Waals surface area (Å²) in [5.41, 5.74) is 0.910. The van der Waals surface area contributed by atoms with Crippen LogP contribution in [0.2, 0.25) is 10.0 Å². The monoisotopic (exact) mass is 201 g/mol. The van der Waals surface area contributed by atoms with Crippen molar-refractivity contribution in [2.45, 2.75) is 0 Å². The summed E-state index contributed by atoms with van der Waals surface area (Å²) in [7, 11) is 0. The standard InChI is InChI=1S/C9H9Cl2N/c1-2-3-12-9-5-7(10)4-8(11)6-9/h2,4-6,12H,1,3H2. The fraction of sp³-hybridized carbons (Fsp3) is 0.111. The van der Waals surface area contributed by atoms with E-state index in [9.17, 15) is 0 Å². The van der Waals surface area contributed by atoms with Gasteiger partial charge >= 0.3 is 0 Å². The molecule has 3 heteroatoms. The van der Waals surface area contributed by atoms with Crippen molar-refractivity contribution in [3.8, 4) is 0 Å². The molecule has 0 unspecified atom stereocenters. The van der Waals surface area contributed by atoms with Crippen LogP contribution in [0.25, 0.3) is 0 Å². The smallest absolute Gasteiger partial charge is 0.0441 e. The first-order valence-electron chi connectivity index (χ1n) is 3.53. The van der Waals surface area contributed by atoms with Gasteiger partial charge in [0.15, 0.2) is 0 Å². The van der Waals surface area contributed by atoms with E-state index in [1.165, 1.54) is 0 Å². The summed E-state index contributed by atoms with van der Waals surface area (Å²) in [4.78, 5) is 0. The first-order valence-corrected chi connectivity index (χ1v) is 4.29. The molecule has 0 radical (unpaired) electrons. The third-order valence-electron chi connectivity index (χ3n) is 1.31. The topological polar surface area (TPSA) is 12.0 Å². The van der Waals surface area contributed by atoms with Gasteiger partial charge in [0.25, 0.3) is 0 Å². The van der Waals surface area contributed by atoms with Crippen molar-refractivity contribution in [2.24, 2.45) is 0 Å². The van der Waals surface area contributed by atoms with Gasteiger partial charge in [0.05, 0.1) is 0 Å². The molecule has 0 spiro atoms.